The monoisotopic (exact) mass is 349 g/mol. The van der Waals surface area contributed by atoms with Crippen molar-refractivity contribution in [2.75, 3.05) is 10.7 Å². The highest BCUT2D eigenvalue weighted by Gasteiger charge is 2.32. The predicted molar refractivity (Wildman–Crippen MR) is 106 cm³/mol. The number of amidine groups is 1. The Kier molecular flexibility index (Phi) is 4.17. The molecule has 0 radical (unpaired) electrons. The Hall–Kier alpha value is -2.40. The van der Waals surface area contributed by atoms with Crippen LogP contribution in [0.25, 0.3) is 21.8 Å². The number of benzene rings is 2. The molecule has 0 N–H and O–H groups in total. The van der Waals surface area contributed by atoms with E-state index in [2.05, 4.69) is 13.8 Å². The van der Waals surface area contributed by atoms with E-state index >= 15 is 0 Å². The summed E-state index contributed by atoms with van der Waals surface area (Å²) in [4.78, 5) is 24.1. The first-order valence-electron chi connectivity index (χ1n) is 8.50. The van der Waals surface area contributed by atoms with Crippen LogP contribution in [0.4, 0.5) is 5.69 Å². The molecular formula is C20H19N3OS. The van der Waals surface area contributed by atoms with Crippen molar-refractivity contribution in [1.82, 2.24) is 4.98 Å². The molecule has 2 aromatic carbocycles. The lowest BCUT2D eigenvalue weighted by Gasteiger charge is -2.21. The van der Waals surface area contributed by atoms with Crippen molar-refractivity contribution in [3.05, 3.63) is 48.5 Å². The normalized spacial score (nSPS) is 17.8. The summed E-state index contributed by atoms with van der Waals surface area (Å²) >= 11 is 1.52. The van der Waals surface area contributed by atoms with Crippen LogP contribution in [0.1, 0.15) is 20.3 Å². The summed E-state index contributed by atoms with van der Waals surface area (Å²) in [5, 5.41) is 2.75. The molecule has 4 rings (SSSR count). The molecule has 0 aliphatic carbocycles. The van der Waals surface area contributed by atoms with Gasteiger partial charge in [-0.3, -0.25) is 14.7 Å². The van der Waals surface area contributed by atoms with E-state index in [4.69, 9.17) is 9.98 Å². The minimum absolute atomic E-state index is 0.0774. The van der Waals surface area contributed by atoms with Crippen LogP contribution in [0, 0.1) is 0 Å². The van der Waals surface area contributed by atoms with Gasteiger partial charge in [-0.25, -0.2) is 4.98 Å². The number of anilines is 1. The fourth-order valence-corrected chi connectivity index (χ4v) is 3.97. The number of pyridine rings is 1. The van der Waals surface area contributed by atoms with Gasteiger partial charge in [-0.15, -0.1) is 0 Å². The molecule has 1 fully saturated rings. The number of fused-ring (bicyclic) bond motifs is 2. The zero-order valence-electron chi connectivity index (χ0n) is 14.3. The number of nitrogens with zero attached hydrogens (tertiary/aromatic N) is 3. The quantitative estimate of drug-likeness (QED) is 0.648. The molecule has 1 unspecified atom stereocenters. The maximum absolute atomic E-state index is 12.7. The number of aromatic nitrogens is 1. The van der Waals surface area contributed by atoms with Crippen molar-refractivity contribution in [2.24, 2.45) is 4.99 Å². The fraction of sp³-hybridized carbons (Fsp3) is 0.250. The predicted octanol–water partition coefficient (Wildman–Crippen LogP) is 4.62. The third-order valence-corrected chi connectivity index (χ3v) is 5.41. The van der Waals surface area contributed by atoms with Gasteiger partial charge in [0.1, 0.15) is 0 Å². The fourth-order valence-electron chi connectivity index (χ4n) is 3.02. The molecule has 25 heavy (non-hydrogen) atoms. The van der Waals surface area contributed by atoms with Gasteiger partial charge in [-0.05, 0) is 25.5 Å². The van der Waals surface area contributed by atoms with Crippen molar-refractivity contribution in [3.8, 4) is 0 Å². The summed E-state index contributed by atoms with van der Waals surface area (Å²) in [5.74, 6) is 0.508. The van der Waals surface area contributed by atoms with Crippen LogP contribution in [-0.4, -0.2) is 27.9 Å². The highest BCUT2D eigenvalue weighted by atomic mass is 32.2. The van der Waals surface area contributed by atoms with Crippen LogP contribution in [0.15, 0.2) is 53.5 Å². The Bertz CT molecular complexity index is 945. The SMILES string of the molecule is CCC(C)N=C1SCC(=O)N1c1c2ccccc2nc2ccccc12. The van der Waals surface area contributed by atoms with Crippen molar-refractivity contribution in [2.45, 2.75) is 26.3 Å². The second kappa shape index (κ2) is 6.48. The largest absolute Gasteiger partial charge is 0.273 e. The van der Waals surface area contributed by atoms with E-state index in [1.807, 2.05) is 48.5 Å². The lowest BCUT2D eigenvalue weighted by Crippen LogP contribution is -2.30. The number of aliphatic imine (C=N–C) groups is 1. The first-order chi connectivity index (χ1) is 12.2. The Morgan fingerprint density at radius 3 is 2.32 bits per heavy atom. The van der Waals surface area contributed by atoms with Crippen LogP contribution in [0.3, 0.4) is 0 Å². The first-order valence-corrected chi connectivity index (χ1v) is 9.48. The molecule has 0 bridgehead atoms. The van der Waals surface area contributed by atoms with E-state index in [1.54, 1.807) is 4.90 Å². The summed E-state index contributed by atoms with van der Waals surface area (Å²) in [6, 6.07) is 16.2. The number of thioether (sulfide) groups is 1. The highest BCUT2D eigenvalue weighted by molar-refractivity contribution is 8.15. The van der Waals surface area contributed by atoms with Crippen molar-refractivity contribution >= 4 is 50.3 Å². The molecule has 0 saturated carbocycles. The minimum Gasteiger partial charge on any atom is -0.273 e. The van der Waals surface area contributed by atoms with Gasteiger partial charge in [0.15, 0.2) is 5.17 Å². The number of rotatable bonds is 3. The highest BCUT2D eigenvalue weighted by Crippen LogP contribution is 2.38. The molecule has 1 aliphatic rings. The molecule has 1 aliphatic heterocycles. The van der Waals surface area contributed by atoms with E-state index in [9.17, 15) is 4.79 Å². The molecule has 1 amide bonds. The Morgan fingerprint density at radius 1 is 1.12 bits per heavy atom. The first kappa shape index (κ1) is 16.1. The van der Waals surface area contributed by atoms with Crippen LogP contribution in [-0.2, 0) is 4.79 Å². The van der Waals surface area contributed by atoms with Crippen molar-refractivity contribution in [1.29, 1.82) is 0 Å². The molecule has 0 spiro atoms. The lowest BCUT2D eigenvalue weighted by atomic mass is 10.1. The zero-order valence-corrected chi connectivity index (χ0v) is 15.1. The smallest absolute Gasteiger partial charge is 0.243 e. The van der Waals surface area contributed by atoms with Gasteiger partial charge in [0, 0.05) is 16.8 Å². The molecule has 4 nitrogen and oxygen atoms in total. The van der Waals surface area contributed by atoms with E-state index in [1.165, 1.54) is 11.8 Å². The van der Waals surface area contributed by atoms with E-state index in [-0.39, 0.29) is 11.9 Å². The molecule has 126 valence electrons. The minimum atomic E-state index is 0.0774. The van der Waals surface area contributed by atoms with Crippen LogP contribution >= 0.6 is 11.8 Å². The average molecular weight is 349 g/mol. The number of hydrogen-bond acceptors (Lipinski definition) is 4. The second-order valence-electron chi connectivity index (χ2n) is 6.18. The van der Waals surface area contributed by atoms with Gasteiger partial charge >= 0.3 is 0 Å². The van der Waals surface area contributed by atoms with Crippen LogP contribution in [0.2, 0.25) is 0 Å². The van der Waals surface area contributed by atoms with E-state index in [0.29, 0.717) is 5.75 Å². The molecule has 5 heteroatoms. The Morgan fingerprint density at radius 2 is 1.72 bits per heavy atom. The molecule has 1 aromatic heterocycles. The summed E-state index contributed by atoms with van der Waals surface area (Å²) in [6.45, 7) is 4.19. The summed E-state index contributed by atoms with van der Waals surface area (Å²) < 4.78 is 0. The van der Waals surface area contributed by atoms with E-state index in [0.717, 1.165) is 39.1 Å². The van der Waals surface area contributed by atoms with Crippen LogP contribution in [0.5, 0.6) is 0 Å². The van der Waals surface area contributed by atoms with Crippen LogP contribution < -0.4 is 4.90 Å². The summed E-state index contributed by atoms with van der Waals surface area (Å²) in [5.41, 5.74) is 2.69. The summed E-state index contributed by atoms with van der Waals surface area (Å²) in [6.07, 6.45) is 0.948. The van der Waals surface area contributed by atoms with Crippen molar-refractivity contribution in [3.63, 3.8) is 0 Å². The average Bonchev–Trinajstić information content (AvgIpc) is 2.99. The molecule has 1 atom stereocenters. The topological polar surface area (TPSA) is 45.6 Å². The van der Waals surface area contributed by atoms with Gasteiger partial charge in [0.05, 0.1) is 22.5 Å². The zero-order chi connectivity index (χ0) is 17.4. The maximum Gasteiger partial charge on any atom is 0.243 e. The number of para-hydroxylation sites is 2. The molecule has 3 aromatic rings. The van der Waals surface area contributed by atoms with Gasteiger partial charge in [0.25, 0.3) is 0 Å². The van der Waals surface area contributed by atoms with Gasteiger partial charge in [-0.2, -0.15) is 0 Å². The maximum atomic E-state index is 12.7. The summed E-state index contributed by atoms with van der Waals surface area (Å²) in [7, 11) is 0. The van der Waals surface area contributed by atoms with E-state index < -0.39 is 0 Å². The third kappa shape index (κ3) is 2.78. The Labute approximate surface area is 151 Å². The molecule has 1 saturated heterocycles. The van der Waals surface area contributed by atoms with Gasteiger partial charge < -0.3 is 0 Å². The number of carbonyl (C=O) groups excluding carboxylic acids is 1. The van der Waals surface area contributed by atoms with Gasteiger partial charge in [-0.1, -0.05) is 55.1 Å². The number of amides is 1. The van der Waals surface area contributed by atoms with Crippen molar-refractivity contribution < 1.29 is 4.79 Å². The molecular weight excluding hydrogens is 330 g/mol. The number of hydrogen-bond donors (Lipinski definition) is 0. The lowest BCUT2D eigenvalue weighted by molar-refractivity contribution is -0.115. The molecule has 2 heterocycles. The number of carbonyl (C=O) groups is 1. The Balaban J connectivity index is 2.03. The second-order valence-corrected chi connectivity index (χ2v) is 7.12. The van der Waals surface area contributed by atoms with Gasteiger partial charge in [0.2, 0.25) is 5.91 Å². The standard InChI is InChI=1S/C20H19N3OS/c1-3-13(2)21-20-23(18(24)12-25-20)19-14-8-4-6-10-16(14)22-17-11-7-5-9-15(17)19/h4-11,13H,3,12H2,1-2H3. The third-order valence-electron chi connectivity index (χ3n) is 4.47.